The highest BCUT2D eigenvalue weighted by molar-refractivity contribution is 7.97. The zero-order valence-electron chi connectivity index (χ0n) is 8.42. The van der Waals surface area contributed by atoms with Crippen molar-refractivity contribution in [2.24, 2.45) is 0 Å². The second kappa shape index (κ2) is 4.33. The van der Waals surface area contributed by atoms with Crippen LogP contribution in [0.4, 0.5) is 0 Å². The third-order valence-electron chi connectivity index (χ3n) is 1.66. The molecular weight excluding hydrogens is 186 g/mol. The summed E-state index contributed by atoms with van der Waals surface area (Å²) in [6.45, 7) is 5.67. The second-order valence-electron chi connectivity index (χ2n) is 4.19. The van der Waals surface area contributed by atoms with E-state index in [1.807, 2.05) is 20.8 Å². The summed E-state index contributed by atoms with van der Waals surface area (Å²) < 4.78 is 8.35. The predicted molar refractivity (Wildman–Crippen MR) is 54.5 cm³/mol. The highest BCUT2D eigenvalue weighted by Crippen LogP contribution is 2.16. The molecule has 76 valence electrons. The Hall–Kier alpha value is -0.220. The number of hydrogen-bond donors (Lipinski definition) is 1. The van der Waals surface area contributed by atoms with Crippen molar-refractivity contribution in [3.8, 4) is 0 Å². The largest absolute Gasteiger partial charge is 0.459 e. The summed E-state index contributed by atoms with van der Waals surface area (Å²) in [4.78, 5) is 11.5. The Bertz CT molecular complexity index is 183. The summed E-state index contributed by atoms with van der Waals surface area (Å²) in [5.74, 6) is 0.957. The molecule has 1 atom stereocenters. The van der Waals surface area contributed by atoms with Crippen LogP contribution in [-0.4, -0.2) is 23.4 Å². The van der Waals surface area contributed by atoms with Gasteiger partial charge in [-0.1, -0.05) is 11.9 Å². The summed E-state index contributed by atoms with van der Waals surface area (Å²) in [5.41, 5.74) is -0.374. The second-order valence-corrected chi connectivity index (χ2v) is 5.13. The monoisotopic (exact) mass is 203 g/mol. The number of nitrogens with one attached hydrogen (secondary N) is 1. The molecule has 0 radical (unpaired) electrons. The van der Waals surface area contributed by atoms with Gasteiger partial charge in [0.05, 0.1) is 0 Å². The van der Waals surface area contributed by atoms with Gasteiger partial charge in [-0.2, -0.15) is 0 Å². The van der Waals surface area contributed by atoms with Crippen molar-refractivity contribution >= 4 is 17.9 Å². The molecule has 0 aromatic rings. The van der Waals surface area contributed by atoms with Crippen LogP contribution in [0.5, 0.6) is 0 Å². The lowest BCUT2D eigenvalue weighted by molar-refractivity contribution is -0.157. The zero-order valence-corrected chi connectivity index (χ0v) is 9.24. The van der Waals surface area contributed by atoms with E-state index in [0.29, 0.717) is 0 Å². The van der Waals surface area contributed by atoms with Crippen LogP contribution in [0, 0.1) is 0 Å². The molecule has 1 N–H and O–H groups in total. The number of esters is 1. The number of carbonyl (C=O) groups is 1. The van der Waals surface area contributed by atoms with Crippen LogP contribution in [0.25, 0.3) is 0 Å². The number of rotatable bonds is 1. The smallest absolute Gasteiger partial charge is 0.324 e. The van der Waals surface area contributed by atoms with E-state index < -0.39 is 0 Å². The maximum atomic E-state index is 11.5. The Morgan fingerprint density at radius 1 is 1.54 bits per heavy atom. The summed E-state index contributed by atoms with van der Waals surface area (Å²) in [5, 5.41) is 0. The Labute approximate surface area is 83.7 Å². The third-order valence-corrected chi connectivity index (χ3v) is 2.60. The molecular formula is C9H17NO2S. The predicted octanol–water partition coefficient (Wildman–Crippen LogP) is 1.73. The van der Waals surface area contributed by atoms with E-state index in [1.165, 1.54) is 0 Å². The van der Waals surface area contributed by atoms with E-state index in [9.17, 15) is 4.79 Å². The first-order chi connectivity index (χ1) is 5.99. The highest BCUT2D eigenvalue weighted by Gasteiger charge is 2.26. The molecule has 0 aliphatic carbocycles. The van der Waals surface area contributed by atoms with Crippen molar-refractivity contribution in [1.29, 1.82) is 0 Å². The number of carbonyl (C=O) groups excluding carboxylic acids is 1. The molecule has 1 fully saturated rings. The van der Waals surface area contributed by atoms with Crippen molar-refractivity contribution in [2.75, 3.05) is 5.75 Å². The molecule has 0 aromatic heterocycles. The van der Waals surface area contributed by atoms with Crippen LogP contribution in [0.3, 0.4) is 0 Å². The van der Waals surface area contributed by atoms with Gasteiger partial charge >= 0.3 is 5.97 Å². The SMILES string of the molecule is CC(C)(C)OC(=O)C1CCCSN1. The number of hydrogen-bond acceptors (Lipinski definition) is 4. The van der Waals surface area contributed by atoms with Gasteiger partial charge in [-0.05, 0) is 33.6 Å². The first-order valence-electron chi connectivity index (χ1n) is 4.59. The van der Waals surface area contributed by atoms with Crippen LogP contribution in [0.15, 0.2) is 0 Å². The fourth-order valence-corrected chi connectivity index (χ4v) is 1.96. The normalized spacial score (nSPS) is 24.1. The lowest BCUT2D eigenvalue weighted by Gasteiger charge is -2.26. The maximum Gasteiger partial charge on any atom is 0.324 e. The molecule has 0 saturated carbocycles. The quantitative estimate of drug-likeness (QED) is 0.520. The zero-order chi connectivity index (χ0) is 9.90. The summed E-state index contributed by atoms with van der Waals surface area (Å²) in [6, 6.07) is -0.113. The Morgan fingerprint density at radius 3 is 2.69 bits per heavy atom. The van der Waals surface area contributed by atoms with Crippen molar-refractivity contribution in [2.45, 2.75) is 45.3 Å². The molecule has 13 heavy (non-hydrogen) atoms. The van der Waals surface area contributed by atoms with Gasteiger partial charge in [0.15, 0.2) is 0 Å². The van der Waals surface area contributed by atoms with Gasteiger partial charge < -0.3 is 4.74 Å². The molecule has 1 aliphatic heterocycles. The van der Waals surface area contributed by atoms with E-state index in [4.69, 9.17) is 4.74 Å². The summed E-state index contributed by atoms with van der Waals surface area (Å²) in [6.07, 6.45) is 1.98. The van der Waals surface area contributed by atoms with Gasteiger partial charge in [0, 0.05) is 5.75 Å². The van der Waals surface area contributed by atoms with Gasteiger partial charge in [0.25, 0.3) is 0 Å². The van der Waals surface area contributed by atoms with Crippen LogP contribution in [0.1, 0.15) is 33.6 Å². The molecule has 0 aromatic carbocycles. The molecule has 1 heterocycles. The number of ether oxygens (including phenoxy) is 1. The molecule has 0 amide bonds. The van der Waals surface area contributed by atoms with E-state index in [2.05, 4.69) is 4.72 Å². The molecule has 4 heteroatoms. The first-order valence-corrected chi connectivity index (χ1v) is 5.58. The summed E-state index contributed by atoms with van der Waals surface area (Å²) in [7, 11) is 0. The van der Waals surface area contributed by atoms with Crippen molar-refractivity contribution in [3.63, 3.8) is 0 Å². The van der Waals surface area contributed by atoms with E-state index in [-0.39, 0.29) is 17.6 Å². The van der Waals surface area contributed by atoms with Gasteiger partial charge in [0.2, 0.25) is 0 Å². The standard InChI is InChI=1S/C9H17NO2S/c1-9(2,3)12-8(11)7-5-4-6-13-10-7/h7,10H,4-6H2,1-3H3. The Kier molecular flexibility index (Phi) is 3.62. The first kappa shape index (κ1) is 10.9. The highest BCUT2D eigenvalue weighted by atomic mass is 32.2. The summed E-state index contributed by atoms with van der Waals surface area (Å²) >= 11 is 1.61. The van der Waals surface area contributed by atoms with Crippen LogP contribution >= 0.6 is 11.9 Å². The topological polar surface area (TPSA) is 38.3 Å². The average Bonchev–Trinajstić information content (AvgIpc) is 2.03. The lowest BCUT2D eigenvalue weighted by Crippen LogP contribution is -2.40. The lowest BCUT2D eigenvalue weighted by atomic mass is 10.1. The van der Waals surface area contributed by atoms with Crippen LogP contribution in [0.2, 0.25) is 0 Å². The Morgan fingerprint density at radius 2 is 2.23 bits per heavy atom. The molecule has 0 bridgehead atoms. The fraction of sp³-hybridized carbons (Fsp3) is 0.889. The van der Waals surface area contributed by atoms with Crippen molar-refractivity contribution in [1.82, 2.24) is 4.72 Å². The van der Waals surface area contributed by atoms with Crippen LogP contribution in [-0.2, 0) is 9.53 Å². The molecule has 1 unspecified atom stereocenters. The van der Waals surface area contributed by atoms with E-state index in [1.54, 1.807) is 11.9 Å². The minimum atomic E-state index is -0.374. The molecule has 1 saturated heterocycles. The minimum absolute atomic E-state index is 0.113. The minimum Gasteiger partial charge on any atom is -0.459 e. The molecule has 3 nitrogen and oxygen atoms in total. The molecule has 1 aliphatic rings. The molecule has 0 spiro atoms. The van der Waals surface area contributed by atoms with E-state index in [0.717, 1.165) is 18.6 Å². The Balaban J connectivity index is 2.38. The average molecular weight is 203 g/mol. The van der Waals surface area contributed by atoms with Gasteiger partial charge in [0.1, 0.15) is 11.6 Å². The van der Waals surface area contributed by atoms with Gasteiger partial charge in [-0.25, -0.2) is 0 Å². The van der Waals surface area contributed by atoms with Gasteiger partial charge in [-0.15, -0.1) is 0 Å². The van der Waals surface area contributed by atoms with E-state index >= 15 is 0 Å². The van der Waals surface area contributed by atoms with Crippen LogP contribution < -0.4 is 4.72 Å². The van der Waals surface area contributed by atoms with Gasteiger partial charge in [-0.3, -0.25) is 9.52 Å². The third kappa shape index (κ3) is 4.00. The van der Waals surface area contributed by atoms with Crippen molar-refractivity contribution < 1.29 is 9.53 Å². The molecule has 1 rings (SSSR count). The maximum absolute atomic E-state index is 11.5. The fourth-order valence-electron chi connectivity index (χ4n) is 1.12. The van der Waals surface area contributed by atoms with Crippen molar-refractivity contribution in [3.05, 3.63) is 0 Å².